The van der Waals surface area contributed by atoms with Gasteiger partial charge >= 0.3 is 0 Å². The van der Waals surface area contributed by atoms with Crippen LogP contribution in [0.3, 0.4) is 0 Å². The summed E-state index contributed by atoms with van der Waals surface area (Å²) < 4.78 is 2.89. The Kier molecular flexibility index (Phi) is 2.23. The molecule has 0 aliphatic carbocycles. The van der Waals surface area contributed by atoms with E-state index in [0.29, 0.717) is 0 Å². The Labute approximate surface area is 102 Å². The van der Waals surface area contributed by atoms with Crippen molar-refractivity contribution in [1.29, 1.82) is 0 Å². The summed E-state index contributed by atoms with van der Waals surface area (Å²) in [5.74, 6) is 0.954. The maximum Gasteiger partial charge on any atom is 0.154 e. The monoisotopic (exact) mass is 248 g/mol. The van der Waals surface area contributed by atoms with Crippen molar-refractivity contribution in [3.05, 3.63) is 46.6 Å². The van der Waals surface area contributed by atoms with Gasteiger partial charge in [0.15, 0.2) is 5.82 Å². The molecule has 0 N–H and O–H groups in total. The Balaban J connectivity index is 2.29. The maximum absolute atomic E-state index is 5.94. The van der Waals surface area contributed by atoms with E-state index in [1.165, 1.54) is 5.56 Å². The van der Waals surface area contributed by atoms with Gasteiger partial charge in [-0.1, -0.05) is 17.7 Å². The number of pyridine rings is 1. The first-order valence-electron chi connectivity index (χ1n) is 4.94. The lowest BCUT2D eigenvalue weighted by Gasteiger charge is -2.00. The Morgan fingerprint density at radius 2 is 2.19 bits per heavy atom. The van der Waals surface area contributed by atoms with Crippen LogP contribution in [0.5, 0.6) is 0 Å². The van der Waals surface area contributed by atoms with Gasteiger partial charge < -0.3 is 0 Å². The molecule has 4 heteroatoms. The predicted octanol–water partition coefficient (Wildman–Crippen LogP) is 4.02. The highest BCUT2D eigenvalue weighted by Gasteiger charge is 2.09. The van der Waals surface area contributed by atoms with Gasteiger partial charge in [-0.15, -0.1) is 11.3 Å². The standard InChI is InChI=1S/C12H9ClN2S/c1-8-3-2-6-15-9(8)7-14-12(15)10-4-5-11(13)16-10/h2-7H,1H3. The fourth-order valence-corrected chi connectivity index (χ4v) is 2.82. The molecular weight excluding hydrogens is 240 g/mol. The van der Waals surface area contributed by atoms with Crippen molar-refractivity contribution in [3.63, 3.8) is 0 Å². The third-order valence-electron chi connectivity index (χ3n) is 2.58. The normalized spacial score (nSPS) is 11.1. The fraction of sp³-hybridized carbons (Fsp3) is 0.0833. The van der Waals surface area contributed by atoms with E-state index in [0.717, 1.165) is 20.6 Å². The average Bonchev–Trinajstić information content (AvgIpc) is 2.84. The zero-order valence-electron chi connectivity index (χ0n) is 8.64. The topological polar surface area (TPSA) is 17.3 Å². The number of thiophene rings is 1. The number of hydrogen-bond acceptors (Lipinski definition) is 2. The lowest BCUT2D eigenvalue weighted by atomic mass is 10.2. The van der Waals surface area contributed by atoms with E-state index in [4.69, 9.17) is 11.6 Å². The van der Waals surface area contributed by atoms with Crippen molar-refractivity contribution < 1.29 is 0 Å². The van der Waals surface area contributed by atoms with Crippen LogP contribution in [-0.4, -0.2) is 9.38 Å². The third kappa shape index (κ3) is 1.44. The van der Waals surface area contributed by atoms with Crippen LogP contribution < -0.4 is 0 Å². The van der Waals surface area contributed by atoms with Gasteiger partial charge in [0.1, 0.15) is 0 Å². The molecular formula is C12H9ClN2S. The second kappa shape index (κ2) is 3.61. The van der Waals surface area contributed by atoms with E-state index in [2.05, 4.69) is 22.4 Å². The molecule has 0 saturated heterocycles. The first kappa shape index (κ1) is 9.87. The second-order valence-electron chi connectivity index (χ2n) is 3.63. The highest BCUT2D eigenvalue weighted by molar-refractivity contribution is 7.19. The van der Waals surface area contributed by atoms with Crippen molar-refractivity contribution in [2.75, 3.05) is 0 Å². The molecule has 0 spiro atoms. The molecule has 0 bridgehead atoms. The van der Waals surface area contributed by atoms with Crippen LogP contribution in [0.15, 0.2) is 36.7 Å². The average molecular weight is 249 g/mol. The summed E-state index contributed by atoms with van der Waals surface area (Å²) in [7, 11) is 0. The molecule has 2 nitrogen and oxygen atoms in total. The summed E-state index contributed by atoms with van der Waals surface area (Å²) >= 11 is 7.49. The fourth-order valence-electron chi connectivity index (χ4n) is 1.78. The summed E-state index contributed by atoms with van der Waals surface area (Å²) in [6.45, 7) is 2.09. The largest absolute Gasteiger partial charge is 0.299 e. The minimum atomic E-state index is 0.791. The van der Waals surface area contributed by atoms with Gasteiger partial charge in [0.2, 0.25) is 0 Å². The SMILES string of the molecule is Cc1cccn2c(-c3ccc(Cl)s3)ncc12. The molecule has 3 heterocycles. The highest BCUT2D eigenvalue weighted by Crippen LogP contribution is 2.30. The molecule has 3 rings (SSSR count). The van der Waals surface area contributed by atoms with Crippen molar-refractivity contribution in [2.24, 2.45) is 0 Å². The molecule has 80 valence electrons. The second-order valence-corrected chi connectivity index (χ2v) is 5.35. The number of fused-ring (bicyclic) bond motifs is 1. The number of hydrogen-bond donors (Lipinski definition) is 0. The van der Waals surface area contributed by atoms with Crippen molar-refractivity contribution in [3.8, 4) is 10.7 Å². The van der Waals surface area contributed by atoms with Gasteiger partial charge in [-0.05, 0) is 30.7 Å². The van der Waals surface area contributed by atoms with E-state index < -0.39 is 0 Å². The smallest absolute Gasteiger partial charge is 0.154 e. The number of imidazole rings is 1. The van der Waals surface area contributed by atoms with Crippen LogP contribution in [0, 0.1) is 6.92 Å². The van der Waals surface area contributed by atoms with Gasteiger partial charge in [-0.2, -0.15) is 0 Å². The summed E-state index contributed by atoms with van der Waals surface area (Å²) in [6, 6.07) is 8.02. The Morgan fingerprint density at radius 1 is 1.31 bits per heavy atom. The quantitative estimate of drug-likeness (QED) is 0.636. The molecule has 0 radical (unpaired) electrons. The molecule has 3 aromatic heterocycles. The van der Waals surface area contributed by atoms with E-state index in [1.807, 2.05) is 30.6 Å². The van der Waals surface area contributed by atoms with Crippen molar-refractivity contribution in [2.45, 2.75) is 6.92 Å². The highest BCUT2D eigenvalue weighted by atomic mass is 35.5. The Morgan fingerprint density at radius 3 is 2.94 bits per heavy atom. The first-order chi connectivity index (χ1) is 7.75. The predicted molar refractivity (Wildman–Crippen MR) is 68.3 cm³/mol. The van der Waals surface area contributed by atoms with Crippen LogP contribution >= 0.6 is 22.9 Å². The van der Waals surface area contributed by atoms with Crippen molar-refractivity contribution in [1.82, 2.24) is 9.38 Å². The third-order valence-corrected chi connectivity index (χ3v) is 3.80. The van der Waals surface area contributed by atoms with Crippen LogP contribution in [0.2, 0.25) is 4.34 Å². The minimum Gasteiger partial charge on any atom is -0.299 e. The molecule has 3 aromatic rings. The van der Waals surface area contributed by atoms with Gasteiger partial charge in [0, 0.05) is 6.20 Å². The van der Waals surface area contributed by atoms with E-state index in [1.54, 1.807) is 11.3 Å². The molecule has 16 heavy (non-hydrogen) atoms. The van der Waals surface area contributed by atoms with Gasteiger partial charge in [-0.3, -0.25) is 4.40 Å². The lowest BCUT2D eigenvalue weighted by molar-refractivity contribution is 1.16. The van der Waals surface area contributed by atoms with Crippen LogP contribution in [0.25, 0.3) is 16.2 Å². The van der Waals surface area contributed by atoms with Crippen LogP contribution in [0.1, 0.15) is 5.56 Å². The molecule has 0 aromatic carbocycles. The van der Waals surface area contributed by atoms with Crippen LogP contribution in [-0.2, 0) is 0 Å². The number of rotatable bonds is 1. The number of aryl methyl sites for hydroxylation is 1. The maximum atomic E-state index is 5.94. The summed E-state index contributed by atoms with van der Waals surface area (Å²) in [5.41, 5.74) is 2.37. The molecule has 0 unspecified atom stereocenters. The van der Waals surface area contributed by atoms with Crippen LogP contribution in [0.4, 0.5) is 0 Å². The molecule has 0 aliphatic heterocycles. The van der Waals surface area contributed by atoms with Gasteiger partial charge in [0.25, 0.3) is 0 Å². The number of halogens is 1. The Bertz CT molecular complexity index is 654. The molecule has 0 amide bonds. The Hall–Kier alpha value is -1.32. The minimum absolute atomic E-state index is 0.791. The summed E-state index contributed by atoms with van der Waals surface area (Å²) in [6.07, 6.45) is 3.93. The van der Waals surface area contributed by atoms with Gasteiger partial charge in [-0.25, -0.2) is 4.98 Å². The zero-order valence-corrected chi connectivity index (χ0v) is 10.2. The number of aromatic nitrogens is 2. The molecule has 0 saturated carbocycles. The van der Waals surface area contributed by atoms with Crippen molar-refractivity contribution >= 4 is 28.5 Å². The van der Waals surface area contributed by atoms with E-state index in [9.17, 15) is 0 Å². The summed E-state index contributed by atoms with van der Waals surface area (Å²) in [5, 5.41) is 0. The lowest BCUT2D eigenvalue weighted by Crippen LogP contribution is -1.88. The van der Waals surface area contributed by atoms with E-state index in [-0.39, 0.29) is 0 Å². The summed E-state index contributed by atoms with van der Waals surface area (Å²) in [4.78, 5) is 5.55. The molecule has 0 fully saturated rings. The molecule has 0 atom stereocenters. The molecule has 0 aliphatic rings. The zero-order chi connectivity index (χ0) is 11.1. The first-order valence-corrected chi connectivity index (χ1v) is 6.13. The van der Waals surface area contributed by atoms with Gasteiger partial charge in [0.05, 0.1) is 20.9 Å². The number of nitrogens with zero attached hydrogens (tertiary/aromatic N) is 2. The van der Waals surface area contributed by atoms with E-state index >= 15 is 0 Å².